The number of hydroxylamine groups is 3. The predicted octanol–water partition coefficient (Wildman–Crippen LogP) is 4.11. The van der Waals surface area contributed by atoms with E-state index in [-0.39, 0.29) is 28.8 Å². The SMILES string of the molecule is CC1=C=CN=c2c(n(-c3ccc(Oc4ccccc4)cc3)c(=O)n2-c2cc(N(C)C(=O)/C=C/C[N+](C)([O-])C3CC3)ccc2C)=C1N. The number of anilines is 1. The van der Waals surface area contributed by atoms with E-state index in [1.165, 1.54) is 26.3 Å². The molecule has 0 bridgehead atoms. The summed E-state index contributed by atoms with van der Waals surface area (Å²) < 4.78 is 8.63. The minimum absolute atomic E-state index is 0.115. The molecular formula is C36H36N6O4. The van der Waals surface area contributed by atoms with E-state index in [0.717, 1.165) is 18.4 Å². The Morgan fingerprint density at radius 1 is 1.09 bits per heavy atom. The molecule has 1 fully saturated rings. The zero-order valence-corrected chi connectivity index (χ0v) is 26.3. The van der Waals surface area contributed by atoms with Gasteiger partial charge in [-0.3, -0.25) is 9.36 Å². The fraction of sp³-hybridized carbons (Fsp3) is 0.222. The summed E-state index contributed by atoms with van der Waals surface area (Å²) in [5.41, 5.74) is 13.2. The molecular weight excluding hydrogens is 580 g/mol. The number of aryl methyl sites for hydroxylation is 1. The first-order chi connectivity index (χ1) is 22.0. The number of hydrogen-bond donors (Lipinski definition) is 1. The smallest absolute Gasteiger partial charge is 0.339 e. The standard InChI is InChI=1S/C36H36N6O4/c1-24-12-13-27(39(3)32(43)11-8-22-42(4,45)28-16-17-28)23-31(24)41-35-34(33(37)25(2)20-21-38-35)40(36(41)44)26-14-18-30(19-15-26)46-29-9-6-5-7-10-29/h5-15,18-19,21,23,28H,16-17,22,37H2,1-4H3/b11-8+. The molecule has 1 saturated carbocycles. The van der Waals surface area contributed by atoms with E-state index in [1.807, 2.05) is 56.3 Å². The molecule has 1 amide bonds. The van der Waals surface area contributed by atoms with Crippen LogP contribution in [-0.2, 0) is 4.79 Å². The quantitative estimate of drug-likeness (QED) is 0.131. The molecule has 0 spiro atoms. The molecule has 1 unspecified atom stereocenters. The van der Waals surface area contributed by atoms with E-state index in [4.69, 9.17) is 10.5 Å². The number of nitrogens with zero attached hydrogens (tertiary/aromatic N) is 5. The molecule has 1 aromatic heterocycles. The number of likely N-dealkylation sites (N-methyl/N-ethyl adjacent to an activating group) is 2. The van der Waals surface area contributed by atoms with Gasteiger partial charge in [-0.2, -0.15) is 0 Å². The summed E-state index contributed by atoms with van der Waals surface area (Å²) in [5.74, 6) is 1.04. The van der Waals surface area contributed by atoms with Crippen molar-refractivity contribution in [3.05, 3.63) is 135 Å². The predicted molar refractivity (Wildman–Crippen MR) is 178 cm³/mol. The first-order valence-electron chi connectivity index (χ1n) is 15.1. The number of hydrogen-bond acceptors (Lipinski definition) is 6. The van der Waals surface area contributed by atoms with E-state index in [1.54, 1.807) is 50.5 Å². The summed E-state index contributed by atoms with van der Waals surface area (Å²) in [4.78, 5) is 33.6. The van der Waals surface area contributed by atoms with Gasteiger partial charge in [0, 0.05) is 37.2 Å². The van der Waals surface area contributed by atoms with Crippen LogP contribution in [0.15, 0.2) is 112 Å². The van der Waals surface area contributed by atoms with Crippen LogP contribution >= 0.6 is 0 Å². The Bertz CT molecular complexity index is 2100. The van der Waals surface area contributed by atoms with Gasteiger partial charge in [-0.1, -0.05) is 30.0 Å². The number of nitrogens with two attached hydrogens (primary N) is 1. The minimum atomic E-state index is -0.377. The van der Waals surface area contributed by atoms with Crippen molar-refractivity contribution < 1.29 is 14.2 Å². The highest BCUT2D eigenvalue weighted by atomic mass is 16.5. The number of para-hydroxylation sites is 1. The lowest BCUT2D eigenvalue weighted by Crippen LogP contribution is -2.40. The Morgan fingerprint density at radius 3 is 2.48 bits per heavy atom. The monoisotopic (exact) mass is 616 g/mol. The first kappa shape index (κ1) is 30.6. The number of amides is 1. The van der Waals surface area contributed by atoms with Crippen LogP contribution in [0.4, 0.5) is 5.69 Å². The van der Waals surface area contributed by atoms with E-state index in [9.17, 15) is 14.8 Å². The van der Waals surface area contributed by atoms with Crippen molar-refractivity contribution in [2.24, 2.45) is 10.7 Å². The first-order valence-corrected chi connectivity index (χ1v) is 15.1. The number of rotatable bonds is 9. The second kappa shape index (κ2) is 12.2. The van der Waals surface area contributed by atoms with Crippen LogP contribution in [0.25, 0.3) is 17.1 Å². The van der Waals surface area contributed by atoms with Crippen molar-refractivity contribution in [3.63, 3.8) is 0 Å². The largest absolute Gasteiger partial charge is 0.633 e. The molecule has 0 radical (unpaired) electrons. The third kappa shape index (κ3) is 5.97. The molecule has 3 aromatic carbocycles. The van der Waals surface area contributed by atoms with Gasteiger partial charge in [0.1, 0.15) is 16.8 Å². The van der Waals surface area contributed by atoms with Gasteiger partial charge < -0.3 is 25.2 Å². The molecule has 1 aliphatic heterocycles. The van der Waals surface area contributed by atoms with Gasteiger partial charge >= 0.3 is 5.69 Å². The summed E-state index contributed by atoms with van der Waals surface area (Å²) in [5, 5.41) is 13.1. The zero-order valence-electron chi connectivity index (χ0n) is 26.3. The Balaban J connectivity index is 1.40. The summed E-state index contributed by atoms with van der Waals surface area (Å²) in [6, 6.07) is 22.2. The van der Waals surface area contributed by atoms with Gasteiger partial charge in [-0.25, -0.2) is 14.4 Å². The van der Waals surface area contributed by atoms with Crippen LogP contribution in [-0.4, -0.2) is 46.4 Å². The lowest BCUT2D eigenvalue weighted by atomic mass is 10.1. The van der Waals surface area contributed by atoms with Crippen LogP contribution < -0.4 is 31.9 Å². The van der Waals surface area contributed by atoms with Gasteiger partial charge in [-0.15, -0.1) is 0 Å². The lowest BCUT2D eigenvalue weighted by molar-refractivity contribution is -0.865. The maximum Gasteiger partial charge on any atom is 0.339 e. The number of carbonyl (C=O) groups is 1. The van der Waals surface area contributed by atoms with Gasteiger partial charge in [0.05, 0.1) is 42.9 Å². The number of aromatic nitrogens is 2. The minimum Gasteiger partial charge on any atom is -0.633 e. The molecule has 10 heteroatoms. The fourth-order valence-corrected chi connectivity index (χ4v) is 5.46. The molecule has 2 aliphatic rings. The lowest BCUT2D eigenvalue weighted by Gasteiger charge is -2.38. The maximum absolute atomic E-state index is 14.4. The summed E-state index contributed by atoms with van der Waals surface area (Å²) in [7, 11) is 3.30. The fourth-order valence-electron chi connectivity index (χ4n) is 5.46. The third-order valence-corrected chi connectivity index (χ3v) is 8.43. The molecule has 6 rings (SSSR count). The topological polar surface area (TPSA) is 118 Å². The maximum atomic E-state index is 14.4. The summed E-state index contributed by atoms with van der Waals surface area (Å²) >= 11 is 0. The van der Waals surface area contributed by atoms with Crippen LogP contribution in [0.3, 0.4) is 0 Å². The Labute approximate surface area is 266 Å². The summed E-state index contributed by atoms with van der Waals surface area (Å²) in [6.45, 7) is 3.94. The average molecular weight is 617 g/mol. The van der Waals surface area contributed by atoms with E-state index < -0.39 is 0 Å². The Morgan fingerprint density at radius 2 is 1.78 bits per heavy atom. The van der Waals surface area contributed by atoms with Crippen molar-refractivity contribution in [1.29, 1.82) is 0 Å². The average Bonchev–Trinajstić information content (AvgIpc) is 3.88. The molecule has 0 saturated heterocycles. The van der Waals surface area contributed by atoms with Crippen LogP contribution in [0.2, 0.25) is 0 Å². The van der Waals surface area contributed by atoms with Gasteiger partial charge in [0.2, 0.25) is 0 Å². The van der Waals surface area contributed by atoms with Crippen LogP contribution in [0.1, 0.15) is 25.3 Å². The number of carbonyl (C=O) groups excluding carboxylic acids is 1. The molecule has 46 heavy (non-hydrogen) atoms. The summed E-state index contributed by atoms with van der Waals surface area (Å²) in [6.07, 6.45) is 6.43. The van der Waals surface area contributed by atoms with Crippen LogP contribution in [0.5, 0.6) is 11.5 Å². The number of fused-ring (bicyclic) bond motifs is 1. The second-order valence-electron chi connectivity index (χ2n) is 11.8. The van der Waals surface area contributed by atoms with E-state index >= 15 is 0 Å². The van der Waals surface area contributed by atoms with Crippen molar-refractivity contribution in [2.75, 3.05) is 25.5 Å². The molecule has 234 valence electrons. The van der Waals surface area contributed by atoms with Crippen molar-refractivity contribution >= 4 is 17.3 Å². The third-order valence-electron chi connectivity index (χ3n) is 8.43. The van der Waals surface area contributed by atoms with Crippen LogP contribution in [0, 0.1) is 12.1 Å². The van der Waals surface area contributed by atoms with Gasteiger partial charge in [0.25, 0.3) is 5.91 Å². The highest BCUT2D eigenvalue weighted by Gasteiger charge is 2.34. The van der Waals surface area contributed by atoms with E-state index in [0.29, 0.717) is 50.7 Å². The highest BCUT2D eigenvalue weighted by Crippen LogP contribution is 2.31. The highest BCUT2D eigenvalue weighted by molar-refractivity contribution is 6.01. The number of quaternary nitrogens is 1. The molecule has 2 heterocycles. The number of imidazole rings is 1. The molecule has 1 atom stereocenters. The second-order valence-corrected chi connectivity index (χ2v) is 11.8. The van der Waals surface area contributed by atoms with E-state index in [2.05, 4.69) is 10.7 Å². The number of ether oxygens (including phenoxy) is 1. The number of benzene rings is 3. The Hall–Kier alpha value is -5.41. The molecule has 1 aliphatic carbocycles. The normalized spacial score (nSPS) is 15.5. The van der Waals surface area contributed by atoms with Crippen molar-refractivity contribution in [2.45, 2.75) is 32.7 Å². The van der Waals surface area contributed by atoms with Gasteiger partial charge in [0.15, 0.2) is 5.49 Å². The van der Waals surface area contributed by atoms with Gasteiger partial charge in [-0.05, 0) is 74.0 Å². The molecule has 10 nitrogen and oxygen atoms in total. The molecule has 4 aromatic rings. The van der Waals surface area contributed by atoms with Crippen molar-refractivity contribution in [3.8, 4) is 22.9 Å². The van der Waals surface area contributed by atoms with Crippen molar-refractivity contribution in [1.82, 2.24) is 9.13 Å². The Kier molecular flexibility index (Phi) is 8.10. The molecule has 2 N–H and O–H groups in total. The zero-order chi connectivity index (χ0) is 32.6.